The van der Waals surface area contributed by atoms with Gasteiger partial charge in [0, 0.05) is 16.6 Å². The summed E-state index contributed by atoms with van der Waals surface area (Å²) in [5.74, 6) is 1.23. The normalized spacial score (nSPS) is 12.2. The molecule has 1 N–H and O–H groups in total. The highest BCUT2D eigenvalue weighted by Gasteiger charge is 2.18. The maximum Gasteiger partial charge on any atom is 0.256 e. The molecule has 1 aromatic heterocycles. The first-order valence-corrected chi connectivity index (χ1v) is 9.36. The Balaban J connectivity index is 1.61. The highest BCUT2D eigenvalue weighted by Crippen LogP contribution is 2.36. The van der Waals surface area contributed by atoms with E-state index in [2.05, 4.69) is 5.32 Å². The first kappa shape index (κ1) is 17.3. The number of carbonyl (C=O) groups excluding carboxylic acids is 1. The van der Waals surface area contributed by atoms with Crippen LogP contribution in [0, 0.1) is 6.92 Å². The quantitative estimate of drug-likeness (QED) is 0.530. The molecular formula is C24H18N2O3. The number of nitrogens with one attached hydrogen (secondary N) is 1. The van der Waals surface area contributed by atoms with Crippen LogP contribution in [-0.4, -0.2) is 17.7 Å². The zero-order valence-electron chi connectivity index (χ0n) is 15.8. The molecule has 142 valence electrons. The Bertz CT molecular complexity index is 1250. The van der Waals surface area contributed by atoms with Crippen molar-refractivity contribution < 1.29 is 14.3 Å². The van der Waals surface area contributed by atoms with Crippen molar-refractivity contribution in [3.8, 4) is 22.8 Å². The number of hydrogen-bond acceptors (Lipinski definition) is 4. The van der Waals surface area contributed by atoms with Gasteiger partial charge in [0.2, 0.25) is 6.79 Å². The minimum absolute atomic E-state index is 0.167. The minimum Gasteiger partial charge on any atom is -0.454 e. The Morgan fingerprint density at radius 2 is 1.72 bits per heavy atom. The molecule has 0 saturated carbocycles. The van der Waals surface area contributed by atoms with Gasteiger partial charge in [-0.3, -0.25) is 4.79 Å². The maximum atomic E-state index is 13.2. The summed E-state index contributed by atoms with van der Waals surface area (Å²) in [6, 6.07) is 22.9. The van der Waals surface area contributed by atoms with Crippen molar-refractivity contribution in [2.45, 2.75) is 6.92 Å². The summed E-state index contributed by atoms with van der Waals surface area (Å²) in [6.07, 6.45) is 0. The molecule has 0 unspecified atom stereocenters. The van der Waals surface area contributed by atoms with Crippen LogP contribution in [0.1, 0.15) is 15.9 Å². The smallest absolute Gasteiger partial charge is 0.256 e. The number of anilines is 1. The van der Waals surface area contributed by atoms with Gasteiger partial charge in [-0.2, -0.15) is 0 Å². The van der Waals surface area contributed by atoms with Gasteiger partial charge >= 0.3 is 0 Å². The second-order valence-electron chi connectivity index (χ2n) is 6.91. The highest BCUT2D eigenvalue weighted by molar-refractivity contribution is 6.13. The maximum absolute atomic E-state index is 13.2. The molecule has 0 fully saturated rings. The number of nitrogens with zero attached hydrogens (tertiary/aromatic N) is 1. The molecule has 5 nitrogen and oxygen atoms in total. The van der Waals surface area contributed by atoms with Crippen LogP contribution >= 0.6 is 0 Å². The standard InChI is InChI=1S/C24H18N2O3/c1-15-6-2-4-8-19(15)26-24(27)18-13-21(25-20-9-5-3-7-17(18)20)16-10-11-22-23(12-16)29-14-28-22/h2-13H,14H2,1H3,(H,26,27). The molecule has 0 radical (unpaired) electrons. The largest absolute Gasteiger partial charge is 0.454 e. The lowest BCUT2D eigenvalue weighted by atomic mass is 10.0. The Morgan fingerprint density at radius 1 is 0.931 bits per heavy atom. The van der Waals surface area contributed by atoms with Crippen molar-refractivity contribution in [2.24, 2.45) is 0 Å². The SMILES string of the molecule is Cc1ccccc1NC(=O)c1cc(-c2ccc3c(c2)OCO3)nc2ccccc12. The lowest BCUT2D eigenvalue weighted by Crippen LogP contribution is -2.13. The molecule has 0 spiro atoms. The van der Waals surface area contributed by atoms with Crippen molar-refractivity contribution in [2.75, 3.05) is 12.1 Å². The zero-order valence-corrected chi connectivity index (χ0v) is 15.8. The summed E-state index contributed by atoms with van der Waals surface area (Å²) in [7, 11) is 0. The van der Waals surface area contributed by atoms with Crippen LogP contribution in [0.3, 0.4) is 0 Å². The van der Waals surface area contributed by atoms with E-state index in [0.717, 1.165) is 27.7 Å². The molecular weight excluding hydrogens is 364 g/mol. The van der Waals surface area contributed by atoms with E-state index < -0.39 is 0 Å². The number of rotatable bonds is 3. The first-order valence-electron chi connectivity index (χ1n) is 9.36. The Kier molecular flexibility index (Phi) is 4.13. The molecule has 0 saturated heterocycles. The van der Waals surface area contributed by atoms with Gasteiger partial charge in [-0.15, -0.1) is 0 Å². The first-order chi connectivity index (χ1) is 14.2. The second kappa shape index (κ2) is 6.95. The summed E-state index contributed by atoms with van der Waals surface area (Å²) < 4.78 is 10.9. The zero-order chi connectivity index (χ0) is 19.8. The number of aromatic nitrogens is 1. The van der Waals surface area contributed by atoms with Crippen LogP contribution < -0.4 is 14.8 Å². The fourth-order valence-electron chi connectivity index (χ4n) is 3.47. The number of pyridine rings is 1. The minimum atomic E-state index is -0.167. The van der Waals surface area contributed by atoms with Gasteiger partial charge < -0.3 is 14.8 Å². The summed E-state index contributed by atoms with van der Waals surface area (Å²) in [5.41, 5.74) is 4.71. The Morgan fingerprint density at radius 3 is 2.62 bits per heavy atom. The average Bonchev–Trinajstić information content (AvgIpc) is 3.22. The molecule has 1 aliphatic heterocycles. The number of fused-ring (bicyclic) bond motifs is 2. The van der Waals surface area contributed by atoms with E-state index in [9.17, 15) is 4.79 Å². The number of ether oxygens (including phenoxy) is 2. The molecule has 1 aliphatic rings. The van der Waals surface area contributed by atoms with Crippen molar-refractivity contribution in [1.29, 1.82) is 0 Å². The van der Waals surface area contributed by atoms with Crippen molar-refractivity contribution >= 4 is 22.5 Å². The van der Waals surface area contributed by atoms with Crippen molar-refractivity contribution in [3.63, 3.8) is 0 Å². The van der Waals surface area contributed by atoms with Crippen LogP contribution in [0.2, 0.25) is 0 Å². The van der Waals surface area contributed by atoms with Gasteiger partial charge in [0.05, 0.1) is 16.8 Å². The van der Waals surface area contributed by atoms with E-state index in [-0.39, 0.29) is 12.7 Å². The van der Waals surface area contributed by atoms with Crippen molar-refractivity contribution in [3.05, 3.63) is 83.9 Å². The number of amides is 1. The lowest BCUT2D eigenvalue weighted by Gasteiger charge is -2.12. The summed E-state index contributed by atoms with van der Waals surface area (Å²) in [6.45, 7) is 2.19. The van der Waals surface area contributed by atoms with Gasteiger partial charge in [0.25, 0.3) is 5.91 Å². The molecule has 4 aromatic rings. The molecule has 0 aliphatic carbocycles. The van der Waals surface area contributed by atoms with Gasteiger partial charge in [0.1, 0.15) is 0 Å². The van der Waals surface area contributed by atoms with Gasteiger partial charge in [-0.1, -0.05) is 36.4 Å². The predicted molar refractivity (Wildman–Crippen MR) is 112 cm³/mol. The third-order valence-electron chi connectivity index (χ3n) is 5.02. The third-order valence-corrected chi connectivity index (χ3v) is 5.02. The van der Waals surface area contributed by atoms with E-state index in [1.807, 2.05) is 79.7 Å². The topological polar surface area (TPSA) is 60.5 Å². The molecule has 1 amide bonds. The summed E-state index contributed by atoms with van der Waals surface area (Å²) >= 11 is 0. The van der Waals surface area contributed by atoms with Gasteiger partial charge in [-0.25, -0.2) is 4.98 Å². The van der Waals surface area contributed by atoms with Crippen molar-refractivity contribution in [1.82, 2.24) is 4.98 Å². The Hall–Kier alpha value is -3.86. The average molecular weight is 382 g/mol. The monoisotopic (exact) mass is 382 g/mol. The molecule has 5 rings (SSSR count). The number of carbonyl (C=O) groups is 1. The fourth-order valence-corrected chi connectivity index (χ4v) is 3.47. The number of para-hydroxylation sites is 2. The van der Waals surface area contributed by atoms with E-state index in [1.165, 1.54) is 0 Å². The number of benzene rings is 3. The van der Waals surface area contributed by atoms with Gasteiger partial charge in [0.15, 0.2) is 11.5 Å². The van der Waals surface area contributed by atoms with E-state index in [1.54, 1.807) is 0 Å². The Labute approximate surface area is 167 Å². The second-order valence-corrected chi connectivity index (χ2v) is 6.91. The summed E-state index contributed by atoms with van der Waals surface area (Å²) in [5, 5.41) is 3.84. The van der Waals surface area contributed by atoms with E-state index >= 15 is 0 Å². The molecule has 0 bridgehead atoms. The predicted octanol–water partition coefficient (Wildman–Crippen LogP) is 5.19. The third kappa shape index (κ3) is 3.17. The summed E-state index contributed by atoms with van der Waals surface area (Å²) in [4.78, 5) is 17.9. The van der Waals surface area contributed by atoms with Crippen LogP contribution in [-0.2, 0) is 0 Å². The van der Waals surface area contributed by atoms with Gasteiger partial charge in [-0.05, 0) is 48.9 Å². The molecule has 0 atom stereocenters. The molecule has 5 heteroatoms. The number of aryl methyl sites for hydroxylation is 1. The van der Waals surface area contributed by atoms with Crippen LogP contribution in [0.4, 0.5) is 5.69 Å². The van der Waals surface area contributed by atoms with Crippen LogP contribution in [0.25, 0.3) is 22.2 Å². The number of hydrogen-bond donors (Lipinski definition) is 1. The van der Waals surface area contributed by atoms with Crippen LogP contribution in [0.5, 0.6) is 11.5 Å². The molecule has 3 aromatic carbocycles. The van der Waals surface area contributed by atoms with Crippen LogP contribution in [0.15, 0.2) is 72.8 Å². The fraction of sp³-hybridized carbons (Fsp3) is 0.0833. The highest BCUT2D eigenvalue weighted by atomic mass is 16.7. The molecule has 2 heterocycles. The van der Waals surface area contributed by atoms with E-state index in [0.29, 0.717) is 22.8 Å². The lowest BCUT2D eigenvalue weighted by molar-refractivity contribution is 0.102. The molecule has 29 heavy (non-hydrogen) atoms. The van der Waals surface area contributed by atoms with E-state index in [4.69, 9.17) is 14.5 Å².